The van der Waals surface area contributed by atoms with Gasteiger partial charge in [-0.25, -0.2) is 6.54 Å². The first-order valence-electron chi connectivity index (χ1n) is 10.6. The minimum atomic E-state index is -0.128. The van der Waals surface area contributed by atoms with Crippen LogP contribution in [0, 0.1) is 6.54 Å². The monoisotopic (exact) mass is 578 g/mol. The van der Waals surface area contributed by atoms with E-state index in [-0.39, 0.29) is 103 Å². The summed E-state index contributed by atoms with van der Waals surface area (Å²) in [7, 11) is 1.83. The average Bonchev–Trinajstić information content (AvgIpc) is 2.93. The van der Waals surface area contributed by atoms with E-state index in [0.29, 0.717) is 37.8 Å². The normalized spacial score (nSPS) is 16.1. The van der Waals surface area contributed by atoms with E-state index in [1.165, 1.54) is 12.1 Å². The number of hydrogen-bond donors (Lipinski definition) is 1. The van der Waals surface area contributed by atoms with Gasteiger partial charge in [0.1, 0.15) is 5.91 Å². The SMILES string of the molecule is C[N-]C1CCN(C(=O)[CH-]N2CCNc3ccc(Cc4ccccc4)cc3C2=O)CC1.[Rb+].[Y]. The van der Waals surface area contributed by atoms with E-state index in [4.69, 9.17) is 0 Å². The van der Waals surface area contributed by atoms with Crippen LogP contribution in [0.5, 0.6) is 0 Å². The van der Waals surface area contributed by atoms with Gasteiger partial charge in [-0.2, -0.15) is 7.05 Å². The number of carbonyl (C=O) groups excluding carboxylic acids is 2. The maximum absolute atomic E-state index is 13.2. The molecule has 8 heteroatoms. The molecule has 0 bridgehead atoms. The molecule has 32 heavy (non-hydrogen) atoms. The predicted octanol–water partition coefficient (Wildman–Crippen LogP) is 0.303. The number of benzene rings is 2. The van der Waals surface area contributed by atoms with Gasteiger partial charge in [0, 0.05) is 64.6 Å². The molecule has 0 saturated carbocycles. The third-order valence-corrected chi connectivity index (χ3v) is 5.90. The molecule has 1 fully saturated rings. The Bertz CT molecular complexity index is 904. The fourth-order valence-electron chi connectivity index (χ4n) is 4.11. The maximum Gasteiger partial charge on any atom is 1.00 e. The number of fused-ring (bicyclic) bond motifs is 1. The number of rotatable bonds is 5. The average molecular weight is 579 g/mol. The van der Waals surface area contributed by atoms with Crippen LogP contribution < -0.4 is 63.5 Å². The number of carbonyl (C=O) groups is 2. The number of amides is 2. The standard InChI is InChI=1S/C24H28N4O2.Rb.Y/c1-25-20-9-12-27(13-10-20)23(29)17-28-14-11-26-22-8-7-19(16-21(22)24(28)30)15-18-5-3-2-4-6-18;;/h2-8,16-17,20,26H,9-15H2,1H3;;/q-2;+1;. The van der Waals surface area contributed by atoms with Crippen LogP contribution >= 0.6 is 0 Å². The Morgan fingerprint density at radius 2 is 1.81 bits per heavy atom. The van der Waals surface area contributed by atoms with Crippen LogP contribution in [0.2, 0.25) is 0 Å². The number of anilines is 1. The van der Waals surface area contributed by atoms with Crippen LogP contribution in [-0.4, -0.2) is 60.9 Å². The zero-order valence-electron chi connectivity index (χ0n) is 19.0. The summed E-state index contributed by atoms with van der Waals surface area (Å²) in [6.07, 6.45) is 2.54. The molecule has 2 aromatic rings. The molecule has 0 unspecified atom stereocenters. The van der Waals surface area contributed by atoms with Crippen molar-refractivity contribution in [2.75, 3.05) is 38.5 Å². The summed E-state index contributed by atoms with van der Waals surface area (Å²) < 4.78 is 0. The van der Waals surface area contributed by atoms with Gasteiger partial charge in [0.05, 0.1) is 5.56 Å². The molecule has 161 valence electrons. The molecule has 0 aromatic heterocycles. The summed E-state index contributed by atoms with van der Waals surface area (Å²) in [5, 5.41) is 7.65. The topological polar surface area (TPSA) is 66.8 Å². The van der Waals surface area contributed by atoms with Crippen LogP contribution in [0.1, 0.15) is 34.3 Å². The summed E-state index contributed by atoms with van der Waals surface area (Å²) in [5.74, 6) is -0.224. The van der Waals surface area contributed by atoms with Crippen LogP contribution in [-0.2, 0) is 43.9 Å². The van der Waals surface area contributed by atoms with E-state index in [0.717, 1.165) is 30.5 Å². The molecule has 4 rings (SSSR count). The third kappa shape index (κ3) is 7.21. The third-order valence-electron chi connectivity index (χ3n) is 5.90. The second-order valence-corrected chi connectivity index (χ2v) is 7.91. The van der Waals surface area contributed by atoms with Gasteiger partial charge in [-0.3, -0.25) is 4.79 Å². The minimum absolute atomic E-state index is 0. The zero-order valence-corrected chi connectivity index (χ0v) is 26.7. The van der Waals surface area contributed by atoms with Crippen molar-refractivity contribution in [1.29, 1.82) is 0 Å². The summed E-state index contributed by atoms with van der Waals surface area (Å²) >= 11 is 0. The van der Waals surface area contributed by atoms with Crippen molar-refractivity contribution in [3.63, 3.8) is 0 Å². The molecule has 2 aliphatic rings. The predicted molar refractivity (Wildman–Crippen MR) is 118 cm³/mol. The molecule has 6 nitrogen and oxygen atoms in total. The van der Waals surface area contributed by atoms with Gasteiger partial charge in [0.15, 0.2) is 0 Å². The van der Waals surface area contributed by atoms with Crippen molar-refractivity contribution in [1.82, 2.24) is 9.80 Å². The summed E-state index contributed by atoms with van der Waals surface area (Å²) in [5.41, 5.74) is 3.72. The molecule has 2 aliphatic heterocycles. The molecule has 2 aromatic carbocycles. The van der Waals surface area contributed by atoms with E-state index >= 15 is 0 Å². The van der Waals surface area contributed by atoms with Crippen LogP contribution in [0.25, 0.3) is 5.32 Å². The number of likely N-dealkylation sites (tertiary alicyclic amines) is 1. The Morgan fingerprint density at radius 1 is 1.09 bits per heavy atom. The van der Waals surface area contributed by atoms with Gasteiger partial charge in [-0.05, 0) is 29.7 Å². The van der Waals surface area contributed by atoms with Gasteiger partial charge < -0.3 is 25.2 Å². The number of hydrogen-bond acceptors (Lipinski definition) is 3. The van der Waals surface area contributed by atoms with Crippen molar-refractivity contribution < 1.29 is 100 Å². The van der Waals surface area contributed by atoms with E-state index in [1.807, 2.05) is 42.3 Å². The summed E-state index contributed by atoms with van der Waals surface area (Å²) in [4.78, 5) is 29.4. The molecular weight excluding hydrogens is 551 g/mol. The van der Waals surface area contributed by atoms with Crippen LogP contribution in [0.15, 0.2) is 48.5 Å². The molecule has 2 heterocycles. The Morgan fingerprint density at radius 3 is 2.50 bits per heavy atom. The van der Waals surface area contributed by atoms with Crippen molar-refractivity contribution in [3.05, 3.63) is 77.1 Å². The van der Waals surface area contributed by atoms with Crippen molar-refractivity contribution >= 4 is 17.5 Å². The van der Waals surface area contributed by atoms with Gasteiger partial charge in [-0.15, -0.1) is 6.04 Å². The number of nitrogens with zero attached hydrogens (tertiary/aromatic N) is 3. The quantitative estimate of drug-likeness (QED) is 0.520. The number of nitrogens with one attached hydrogen (secondary N) is 1. The largest absolute Gasteiger partial charge is 1.00 e. The second-order valence-electron chi connectivity index (χ2n) is 7.91. The summed E-state index contributed by atoms with van der Waals surface area (Å²) in [6, 6.07) is 16.5. The molecule has 1 N–H and O–H groups in total. The zero-order chi connectivity index (χ0) is 20.9. The first-order chi connectivity index (χ1) is 14.6. The van der Waals surface area contributed by atoms with Gasteiger partial charge in [0.25, 0.3) is 0 Å². The van der Waals surface area contributed by atoms with Crippen molar-refractivity contribution in [2.45, 2.75) is 25.3 Å². The maximum atomic E-state index is 13.2. The molecule has 2 amide bonds. The van der Waals surface area contributed by atoms with Gasteiger partial charge >= 0.3 is 58.2 Å². The van der Waals surface area contributed by atoms with Crippen LogP contribution in [0.4, 0.5) is 5.69 Å². The molecule has 0 spiro atoms. The van der Waals surface area contributed by atoms with Crippen LogP contribution in [0.3, 0.4) is 0 Å². The van der Waals surface area contributed by atoms with E-state index in [1.54, 1.807) is 4.90 Å². The molecular formula is C24H28N4O2RbY-. The Kier molecular flexibility index (Phi) is 12.1. The van der Waals surface area contributed by atoms with Crippen molar-refractivity contribution in [3.8, 4) is 0 Å². The smallest absolute Gasteiger partial charge is 0.662 e. The first kappa shape index (κ1) is 28.2. The fourth-order valence-corrected chi connectivity index (χ4v) is 4.11. The Balaban J connectivity index is 0.00000181. The molecule has 0 atom stereocenters. The fraction of sp³-hybridized carbons (Fsp3) is 0.375. The Hall–Kier alpha value is -0.0809. The summed E-state index contributed by atoms with van der Waals surface area (Å²) in [6.45, 7) is 3.93. The Labute approximate surface area is 264 Å². The minimum Gasteiger partial charge on any atom is -0.662 e. The number of piperidine rings is 1. The molecule has 0 aliphatic carbocycles. The van der Waals surface area contributed by atoms with Crippen molar-refractivity contribution in [2.24, 2.45) is 0 Å². The first-order valence-corrected chi connectivity index (χ1v) is 10.6. The molecule has 1 saturated heterocycles. The van der Waals surface area contributed by atoms with Gasteiger partial charge in [-0.1, -0.05) is 49.2 Å². The van der Waals surface area contributed by atoms with E-state index < -0.39 is 0 Å². The van der Waals surface area contributed by atoms with Gasteiger partial charge in [0.2, 0.25) is 5.91 Å². The second kappa shape index (κ2) is 13.7. The molecule has 1 radical (unpaired) electrons. The van der Waals surface area contributed by atoms with E-state index in [2.05, 4.69) is 28.8 Å². The van der Waals surface area contributed by atoms with E-state index in [9.17, 15) is 9.59 Å².